The van der Waals surface area contributed by atoms with Crippen LogP contribution < -0.4 is 0 Å². The van der Waals surface area contributed by atoms with Crippen molar-refractivity contribution >= 4 is 13.4 Å². The highest BCUT2D eigenvalue weighted by Gasteiger charge is 2.50. The number of rotatable bonds is 7. The maximum Gasteiger partial charge on any atom is 0.346 e. The van der Waals surface area contributed by atoms with E-state index in [1.807, 2.05) is 47.5 Å². The summed E-state index contributed by atoms with van der Waals surface area (Å²) in [5.41, 5.74) is 3.24. The van der Waals surface area contributed by atoms with E-state index in [1.165, 1.54) is 6.07 Å². The quantitative estimate of drug-likeness (QED) is 0.304. The normalized spacial score (nSPS) is 18.3. The van der Waals surface area contributed by atoms with Gasteiger partial charge in [-0.3, -0.25) is 19.2 Å². The van der Waals surface area contributed by atoms with E-state index in [1.54, 1.807) is 12.1 Å². The first-order chi connectivity index (χ1) is 12.9. The van der Waals surface area contributed by atoms with Crippen LogP contribution in [0, 0.1) is 17.0 Å². The smallest absolute Gasteiger partial charge is 0.298 e. The van der Waals surface area contributed by atoms with Crippen LogP contribution in [0.3, 0.4) is 0 Å². The molecule has 2 heterocycles. The van der Waals surface area contributed by atoms with Gasteiger partial charge < -0.3 is 0 Å². The molecule has 0 bridgehead atoms. The monoisotopic (exact) mass is 387 g/mol. The van der Waals surface area contributed by atoms with Gasteiger partial charge in [-0.05, 0) is 37.1 Å². The molecule has 0 radical (unpaired) electrons. The summed E-state index contributed by atoms with van der Waals surface area (Å²) in [5.74, 6) is 0. The van der Waals surface area contributed by atoms with Crippen LogP contribution in [0.15, 0.2) is 42.5 Å². The summed E-state index contributed by atoms with van der Waals surface area (Å²) in [6, 6.07) is 12.6. The van der Waals surface area contributed by atoms with Crippen LogP contribution in [0.1, 0.15) is 24.2 Å². The second-order valence-corrected chi connectivity index (χ2v) is 9.37. The minimum Gasteiger partial charge on any atom is -0.298 e. The summed E-state index contributed by atoms with van der Waals surface area (Å²) in [6.07, 6.45) is -0.429. The summed E-state index contributed by atoms with van der Waals surface area (Å²) in [7, 11) is -2.95. The lowest BCUT2D eigenvalue weighted by Gasteiger charge is -2.24. The molecule has 142 valence electrons. The van der Waals surface area contributed by atoms with Crippen molar-refractivity contribution in [2.75, 3.05) is 26.2 Å². The SMILES string of the molecule is Cc1ccc(-c2cc(C(C)OP(=O)(N3CC3)N3CC3)ccc2[N+](=O)[O-])cc1. The zero-order valence-corrected chi connectivity index (χ0v) is 16.3. The molecule has 0 spiro atoms. The summed E-state index contributed by atoms with van der Waals surface area (Å²) in [5, 5.41) is 11.5. The van der Waals surface area contributed by atoms with Gasteiger partial charge in [0.1, 0.15) is 0 Å². The molecule has 0 saturated carbocycles. The molecule has 0 N–H and O–H groups in total. The lowest BCUT2D eigenvalue weighted by molar-refractivity contribution is -0.384. The van der Waals surface area contributed by atoms with Crippen molar-refractivity contribution < 1.29 is 14.0 Å². The number of nitrogens with zero attached hydrogens (tertiary/aromatic N) is 3. The topological polar surface area (TPSA) is 75.5 Å². The molecular formula is C19H22N3O4P. The van der Waals surface area contributed by atoms with Gasteiger partial charge in [-0.15, -0.1) is 0 Å². The number of nitro benzene ring substituents is 1. The fourth-order valence-corrected chi connectivity index (χ4v) is 5.45. The minimum atomic E-state index is -2.95. The van der Waals surface area contributed by atoms with Crippen LogP contribution in [-0.4, -0.2) is 40.4 Å². The van der Waals surface area contributed by atoms with Gasteiger partial charge in [-0.2, -0.15) is 0 Å². The molecule has 4 rings (SSSR count). The number of nitro groups is 1. The molecule has 2 aliphatic heterocycles. The van der Waals surface area contributed by atoms with Crippen molar-refractivity contribution in [1.82, 2.24) is 9.34 Å². The average Bonchev–Trinajstić information content (AvgIpc) is 3.53. The molecule has 2 aromatic rings. The van der Waals surface area contributed by atoms with Crippen molar-refractivity contribution in [3.63, 3.8) is 0 Å². The maximum absolute atomic E-state index is 13.2. The Morgan fingerprint density at radius 3 is 2.19 bits per heavy atom. The third-order valence-electron chi connectivity index (χ3n) is 4.91. The molecule has 2 aromatic carbocycles. The molecule has 1 unspecified atom stereocenters. The van der Waals surface area contributed by atoms with Crippen molar-refractivity contribution in [2.45, 2.75) is 20.0 Å². The number of benzene rings is 2. The van der Waals surface area contributed by atoms with Gasteiger partial charge in [-0.1, -0.05) is 29.8 Å². The predicted octanol–water partition coefficient (Wildman–Crippen LogP) is 4.39. The molecule has 2 saturated heterocycles. The Kier molecular flexibility index (Phi) is 4.64. The first kappa shape index (κ1) is 18.3. The van der Waals surface area contributed by atoms with Crippen LogP contribution in [0.4, 0.5) is 5.69 Å². The van der Waals surface area contributed by atoms with Gasteiger partial charge >= 0.3 is 7.67 Å². The number of hydrogen-bond donors (Lipinski definition) is 0. The standard InChI is InChI=1S/C19H22N3O4P/c1-14-3-5-16(6-4-14)18-13-17(7-8-19(18)22(23)24)15(2)26-27(25,20-9-10-20)21-11-12-21/h3-8,13,15H,9-12H2,1-2H3. The first-order valence-corrected chi connectivity index (χ1v) is 10.6. The highest BCUT2D eigenvalue weighted by Crippen LogP contribution is 2.63. The third-order valence-corrected chi connectivity index (χ3v) is 7.73. The van der Waals surface area contributed by atoms with Crippen LogP contribution in [0.2, 0.25) is 0 Å². The molecule has 0 aliphatic carbocycles. The second-order valence-electron chi connectivity index (χ2n) is 7.05. The fraction of sp³-hybridized carbons (Fsp3) is 0.368. The number of aryl methyl sites for hydroxylation is 1. The van der Waals surface area contributed by atoms with Gasteiger partial charge in [0.25, 0.3) is 5.69 Å². The Morgan fingerprint density at radius 1 is 1.07 bits per heavy atom. The van der Waals surface area contributed by atoms with Gasteiger partial charge in [0.2, 0.25) is 0 Å². The Balaban J connectivity index is 1.66. The average molecular weight is 387 g/mol. The molecule has 1 atom stereocenters. The van der Waals surface area contributed by atoms with E-state index in [-0.39, 0.29) is 10.6 Å². The van der Waals surface area contributed by atoms with Gasteiger partial charge in [0, 0.05) is 32.2 Å². The van der Waals surface area contributed by atoms with E-state index in [9.17, 15) is 14.7 Å². The summed E-state index contributed by atoms with van der Waals surface area (Å²) in [4.78, 5) is 11.1. The largest absolute Gasteiger partial charge is 0.346 e. The van der Waals surface area contributed by atoms with E-state index >= 15 is 0 Å². The zero-order valence-electron chi connectivity index (χ0n) is 15.4. The Hall–Kier alpha value is -2.05. The molecule has 2 fully saturated rings. The van der Waals surface area contributed by atoms with E-state index in [4.69, 9.17) is 4.52 Å². The summed E-state index contributed by atoms with van der Waals surface area (Å²) >= 11 is 0. The molecule has 8 heteroatoms. The summed E-state index contributed by atoms with van der Waals surface area (Å²) in [6.45, 7) is 6.97. The van der Waals surface area contributed by atoms with Crippen LogP contribution in [0.5, 0.6) is 0 Å². The van der Waals surface area contributed by atoms with Crippen molar-refractivity contribution in [3.05, 3.63) is 63.7 Å². The Labute approximate surface area is 158 Å². The fourth-order valence-electron chi connectivity index (χ4n) is 3.10. The van der Waals surface area contributed by atoms with Crippen LogP contribution in [-0.2, 0) is 9.09 Å². The van der Waals surface area contributed by atoms with E-state index < -0.39 is 13.8 Å². The lowest BCUT2D eigenvalue weighted by Crippen LogP contribution is -2.10. The third kappa shape index (κ3) is 3.69. The van der Waals surface area contributed by atoms with E-state index in [0.717, 1.165) is 42.9 Å². The first-order valence-electron chi connectivity index (χ1n) is 9.03. The highest BCUT2D eigenvalue weighted by molar-refractivity contribution is 7.54. The number of hydrogen-bond acceptors (Lipinski definition) is 4. The zero-order chi connectivity index (χ0) is 19.2. The maximum atomic E-state index is 13.2. The van der Waals surface area contributed by atoms with Crippen molar-refractivity contribution in [1.29, 1.82) is 0 Å². The molecule has 27 heavy (non-hydrogen) atoms. The summed E-state index contributed by atoms with van der Waals surface area (Å²) < 4.78 is 23.0. The van der Waals surface area contributed by atoms with Gasteiger partial charge in [0.15, 0.2) is 0 Å². The van der Waals surface area contributed by atoms with Gasteiger partial charge in [0.05, 0.1) is 16.6 Å². The lowest BCUT2D eigenvalue weighted by atomic mass is 9.98. The van der Waals surface area contributed by atoms with Crippen LogP contribution in [0.25, 0.3) is 11.1 Å². The molecule has 2 aliphatic rings. The Morgan fingerprint density at radius 2 is 1.67 bits per heavy atom. The minimum absolute atomic E-state index is 0.0508. The van der Waals surface area contributed by atoms with Crippen molar-refractivity contribution in [2.24, 2.45) is 0 Å². The van der Waals surface area contributed by atoms with Crippen molar-refractivity contribution in [3.8, 4) is 11.1 Å². The molecule has 0 amide bonds. The van der Waals surface area contributed by atoms with E-state index in [2.05, 4.69) is 0 Å². The predicted molar refractivity (Wildman–Crippen MR) is 104 cm³/mol. The van der Waals surface area contributed by atoms with Gasteiger partial charge in [-0.25, -0.2) is 9.34 Å². The Bertz CT molecular complexity index is 907. The second kappa shape index (κ2) is 6.84. The van der Waals surface area contributed by atoms with E-state index in [0.29, 0.717) is 5.56 Å². The molecule has 7 nitrogen and oxygen atoms in total. The van der Waals surface area contributed by atoms with Crippen LogP contribution >= 0.6 is 7.67 Å². The molecule has 0 aromatic heterocycles. The highest BCUT2D eigenvalue weighted by atomic mass is 31.2. The molecular weight excluding hydrogens is 365 g/mol.